The summed E-state index contributed by atoms with van der Waals surface area (Å²) >= 11 is 4.72. The van der Waals surface area contributed by atoms with Crippen LogP contribution in [0, 0.1) is 0 Å². The van der Waals surface area contributed by atoms with Gasteiger partial charge in [0.25, 0.3) is 5.91 Å². The highest BCUT2D eigenvalue weighted by atomic mass is 79.9. The average Bonchev–Trinajstić information content (AvgIpc) is 2.66. The van der Waals surface area contributed by atoms with Crippen molar-refractivity contribution in [1.82, 2.24) is 10.6 Å². The summed E-state index contributed by atoms with van der Waals surface area (Å²) in [7, 11) is 3.48. The van der Waals surface area contributed by atoms with E-state index in [1.54, 1.807) is 13.2 Å². The SMILES string of the molecule is CNCCCNC(=O)c1cc(OC)c(Br)s1.Cl. The number of halogens is 2. The van der Waals surface area contributed by atoms with E-state index in [1.165, 1.54) is 11.3 Å². The molecule has 0 aromatic carbocycles. The summed E-state index contributed by atoms with van der Waals surface area (Å²) < 4.78 is 5.94. The molecule has 0 aliphatic heterocycles. The smallest absolute Gasteiger partial charge is 0.261 e. The lowest BCUT2D eigenvalue weighted by Gasteiger charge is -2.02. The molecule has 1 aromatic rings. The van der Waals surface area contributed by atoms with Gasteiger partial charge in [0.05, 0.1) is 12.0 Å². The topological polar surface area (TPSA) is 50.4 Å². The van der Waals surface area contributed by atoms with Crippen LogP contribution in [0.5, 0.6) is 5.75 Å². The van der Waals surface area contributed by atoms with E-state index in [-0.39, 0.29) is 18.3 Å². The molecule has 98 valence electrons. The molecule has 0 saturated carbocycles. The van der Waals surface area contributed by atoms with Crippen LogP contribution in [0.3, 0.4) is 0 Å². The molecule has 4 nitrogen and oxygen atoms in total. The van der Waals surface area contributed by atoms with Gasteiger partial charge in [0, 0.05) is 12.6 Å². The first kappa shape index (κ1) is 16.7. The highest BCUT2D eigenvalue weighted by molar-refractivity contribution is 9.11. The van der Waals surface area contributed by atoms with Crippen LogP contribution in [0.1, 0.15) is 16.1 Å². The molecule has 1 amide bonds. The van der Waals surface area contributed by atoms with Crippen LogP contribution in [0.4, 0.5) is 0 Å². The fraction of sp³-hybridized carbons (Fsp3) is 0.500. The predicted octanol–water partition coefficient (Wildman–Crippen LogP) is 2.28. The Morgan fingerprint density at radius 2 is 2.24 bits per heavy atom. The van der Waals surface area contributed by atoms with Crippen molar-refractivity contribution in [1.29, 1.82) is 0 Å². The molecule has 7 heteroatoms. The molecule has 0 atom stereocenters. The van der Waals surface area contributed by atoms with E-state index in [0.717, 1.165) is 16.8 Å². The molecule has 1 rings (SSSR count). The largest absolute Gasteiger partial charge is 0.495 e. The zero-order valence-electron chi connectivity index (χ0n) is 9.71. The van der Waals surface area contributed by atoms with Gasteiger partial charge in [-0.25, -0.2) is 0 Å². The van der Waals surface area contributed by atoms with E-state index in [4.69, 9.17) is 4.74 Å². The summed E-state index contributed by atoms with van der Waals surface area (Å²) in [5.41, 5.74) is 0. The molecule has 1 aromatic heterocycles. The van der Waals surface area contributed by atoms with Crippen molar-refractivity contribution in [3.8, 4) is 5.75 Å². The number of hydrogen-bond acceptors (Lipinski definition) is 4. The first-order chi connectivity index (χ1) is 7.69. The first-order valence-corrected chi connectivity index (χ1v) is 6.56. The van der Waals surface area contributed by atoms with Crippen LogP contribution in [-0.4, -0.2) is 33.2 Å². The second-order valence-corrected chi connectivity index (χ2v) is 5.54. The van der Waals surface area contributed by atoms with Gasteiger partial charge < -0.3 is 15.4 Å². The fourth-order valence-corrected chi connectivity index (χ4v) is 2.72. The number of hydrogen-bond donors (Lipinski definition) is 2. The molecule has 0 radical (unpaired) electrons. The molecule has 0 fully saturated rings. The van der Waals surface area contributed by atoms with Gasteiger partial charge in [-0.2, -0.15) is 0 Å². The van der Waals surface area contributed by atoms with Crippen molar-refractivity contribution in [2.45, 2.75) is 6.42 Å². The van der Waals surface area contributed by atoms with E-state index in [9.17, 15) is 4.79 Å². The Kier molecular flexibility index (Phi) is 8.59. The third-order valence-electron chi connectivity index (χ3n) is 1.99. The third-order valence-corrected chi connectivity index (χ3v) is 3.77. The molecular weight excluding hydrogens is 328 g/mol. The van der Waals surface area contributed by atoms with E-state index in [2.05, 4.69) is 26.6 Å². The minimum atomic E-state index is -0.0508. The van der Waals surface area contributed by atoms with Gasteiger partial charge in [0.1, 0.15) is 9.54 Å². The van der Waals surface area contributed by atoms with Crippen LogP contribution in [0.15, 0.2) is 9.85 Å². The molecular formula is C10H16BrClN2O2S. The van der Waals surface area contributed by atoms with Crippen molar-refractivity contribution in [2.75, 3.05) is 27.2 Å². The van der Waals surface area contributed by atoms with Gasteiger partial charge in [-0.15, -0.1) is 23.7 Å². The summed E-state index contributed by atoms with van der Waals surface area (Å²) in [6.45, 7) is 1.58. The zero-order valence-corrected chi connectivity index (χ0v) is 12.9. The number of thiophene rings is 1. The predicted molar refractivity (Wildman–Crippen MR) is 76.7 cm³/mol. The number of nitrogens with one attached hydrogen (secondary N) is 2. The van der Waals surface area contributed by atoms with Gasteiger partial charge in [-0.1, -0.05) is 0 Å². The van der Waals surface area contributed by atoms with Gasteiger partial charge in [0.2, 0.25) is 0 Å². The standard InChI is InChI=1S/C10H15BrN2O2S.ClH/c1-12-4-3-5-13-10(14)8-6-7(15-2)9(11)16-8;/h6,12H,3-5H2,1-2H3,(H,13,14);1H. The summed E-state index contributed by atoms with van der Waals surface area (Å²) in [5.74, 6) is 0.649. The first-order valence-electron chi connectivity index (χ1n) is 4.95. The van der Waals surface area contributed by atoms with Crippen LogP contribution in [0.25, 0.3) is 0 Å². The normalized spacial score (nSPS) is 9.59. The van der Waals surface area contributed by atoms with Crippen molar-refractivity contribution < 1.29 is 9.53 Å². The van der Waals surface area contributed by atoms with E-state index >= 15 is 0 Å². The maximum absolute atomic E-state index is 11.7. The Hall–Kier alpha value is -0.300. The lowest BCUT2D eigenvalue weighted by molar-refractivity contribution is 0.0957. The lowest BCUT2D eigenvalue weighted by Crippen LogP contribution is -2.25. The van der Waals surface area contributed by atoms with Gasteiger partial charge in [0.15, 0.2) is 0 Å². The number of carbonyl (C=O) groups is 1. The zero-order chi connectivity index (χ0) is 12.0. The quantitative estimate of drug-likeness (QED) is 0.779. The summed E-state index contributed by atoms with van der Waals surface area (Å²) in [4.78, 5) is 12.4. The van der Waals surface area contributed by atoms with Crippen molar-refractivity contribution >= 4 is 45.6 Å². The van der Waals surface area contributed by atoms with Gasteiger partial charge >= 0.3 is 0 Å². The van der Waals surface area contributed by atoms with Crippen molar-refractivity contribution in [2.24, 2.45) is 0 Å². The fourth-order valence-electron chi connectivity index (χ4n) is 1.16. The van der Waals surface area contributed by atoms with Gasteiger partial charge in [-0.05, 0) is 35.9 Å². The van der Waals surface area contributed by atoms with Crippen LogP contribution < -0.4 is 15.4 Å². The summed E-state index contributed by atoms with van der Waals surface area (Å²) in [5, 5.41) is 5.88. The maximum atomic E-state index is 11.7. The molecule has 0 aliphatic rings. The Morgan fingerprint density at radius 3 is 2.76 bits per heavy atom. The van der Waals surface area contributed by atoms with Crippen molar-refractivity contribution in [3.63, 3.8) is 0 Å². The summed E-state index contributed by atoms with van der Waals surface area (Å²) in [6, 6.07) is 1.74. The highest BCUT2D eigenvalue weighted by Gasteiger charge is 2.12. The second-order valence-electron chi connectivity index (χ2n) is 3.17. The third kappa shape index (κ3) is 5.25. The number of rotatable bonds is 6. The minimum absolute atomic E-state index is 0. The second kappa shape index (κ2) is 8.74. The van der Waals surface area contributed by atoms with E-state index < -0.39 is 0 Å². The Labute approximate surface area is 120 Å². The highest BCUT2D eigenvalue weighted by Crippen LogP contribution is 2.34. The molecule has 0 spiro atoms. The number of methoxy groups -OCH3 is 1. The minimum Gasteiger partial charge on any atom is -0.495 e. The molecule has 2 N–H and O–H groups in total. The van der Waals surface area contributed by atoms with Crippen molar-refractivity contribution in [3.05, 3.63) is 14.7 Å². The van der Waals surface area contributed by atoms with Crippen LogP contribution in [0.2, 0.25) is 0 Å². The maximum Gasteiger partial charge on any atom is 0.261 e. The van der Waals surface area contributed by atoms with E-state index in [1.807, 2.05) is 7.05 Å². The molecule has 0 bridgehead atoms. The molecule has 0 unspecified atom stereocenters. The molecule has 17 heavy (non-hydrogen) atoms. The summed E-state index contributed by atoms with van der Waals surface area (Å²) in [6.07, 6.45) is 0.923. The Balaban J connectivity index is 0.00000256. The van der Waals surface area contributed by atoms with Crippen LogP contribution in [-0.2, 0) is 0 Å². The van der Waals surface area contributed by atoms with Gasteiger partial charge in [-0.3, -0.25) is 4.79 Å². The number of carbonyl (C=O) groups excluding carboxylic acids is 1. The number of ether oxygens (including phenoxy) is 1. The monoisotopic (exact) mass is 342 g/mol. The Morgan fingerprint density at radius 1 is 1.53 bits per heavy atom. The molecule has 0 saturated heterocycles. The molecule has 0 aliphatic carbocycles. The number of amides is 1. The van der Waals surface area contributed by atoms with E-state index in [0.29, 0.717) is 17.2 Å². The average molecular weight is 344 g/mol. The van der Waals surface area contributed by atoms with Crippen LogP contribution >= 0.6 is 39.7 Å². The lowest BCUT2D eigenvalue weighted by atomic mass is 10.4. The molecule has 1 heterocycles. The Bertz CT molecular complexity index is 360.